The molecule has 1 N–H and O–H groups in total. The van der Waals surface area contributed by atoms with Gasteiger partial charge in [0.1, 0.15) is 0 Å². The Bertz CT molecular complexity index is 775. The average molecular weight is 551 g/mol. The third kappa shape index (κ3) is 6.83. The first-order valence-corrected chi connectivity index (χ1v) is 23.1. The average Bonchev–Trinajstić information content (AvgIpc) is 3.16. The fourth-order valence-electron chi connectivity index (χ4n) is 4.98. The quantitative estimate of drug-likeness (QED) is 0.259. The first-order valence-electron chi connectivity index (χ1n) is 12.8. The van der Waals surface area contributed by atoms with Gasteiger partial charge in [-0.2, -0.15) is 0 Å². The van der Waals surface area contributed by atoms with Gasteiger partial charge < -0.3 is 0 Å². The van der Waals surface area contributed by atoms with E-state index in [1.807, 2.05) is 0 Å². The van der Waals surface area contributed by atoms with Crippen molar-refractivity contribution in [2.45, 2.75) is 113 Å². The van der Waals surface area contributed by atoms with Crippen molar-refractivity contribution in [1.29, 1.82) is 0 Å². The van der Waals surface area contributed by atoms with Crippen LogP contribution in [0, 0.1) is 5.41 Å². The molecule has 176 valence electrons. The van der Waals surface area contributed by atoms with Crippen molar-refractivity contribution in [2.24, 2.45) is 5.41 Å². The Morgan fingerprint density at radius 1 is 0.968 bits per heavy atom. The Labute approximate surface area is 197 Å². The van der Waals surface area contributed by atoms with E-state index >= 15 is 0 Å². The van der Waals surface area contributed by atoms with Gasteiger partial charge in [-0.25, -0.2) is 0 Å². The molecular formula is C26H48N2OSiSn. The van der Waals surface area contributed by atoms with Gasteiger partial charge in [-0.15, -0.1) is 0 Å². The van der Waals surface area contributed by atoms with Gasteiger partial charge in [0.25, 0.3) is 0 Å². The summed E-state index contributed by atoms with van der Waals surface area (Å²) < 4.78 is 12.5. The number of nitrogens with one attached hydrogen (secondary N) is 1. The monoisotopic (exact) mass is 552 g/mol. The van der Waals surface area contributed by atoms with Gasteiger partial charge in [-0.1, -0.05) is 0 Å². The Morgan fingerprint density at radius 2 is 1.52 bits per heavy atom. The SMILES string of the molecule is CCC[CH2][Sn]([CH2]CCC)([CH2]CCC)[c]1n[nH]c2c(C(O[SiH](C)C)C(C)(C)C)cccc12. The third-order valence-corrected chi connectivity index (χ3v) is 22.6. The number of hydrogen-bond donors (Lipinski definition) is 1. The molecule has 1 aromatic carbocycles. The van der Waals surface area contributed by atoms with Crippen LogP contribution >= 0.6 is 0 Å². The van der Waals surface area contributed by atoms with Crippen LogP contribution in [0.1, 0.15) is 91.7 Å². The third-order valence-electron chi connectivity index (χ3n) is 6.64. The van der Waals surface area contributed by atoms with Crippen LogP contribution in [0.15, 0.2) is 18.2 Å². The number of H-pyrrole nitrogens is 1. The van der Waals surface area contributed by atoms with Gasteiger partial charge in [0.2, 0.25) is 0 Å². The van der Waals surface area contributed by atoms with Crippen molar-refractivity contribution in [1.82, 2.24) is 10.2 Å². The van der Waals surface area contributed by atoms with E-state index in [9.17, 15) is 0 Å². The molecule has 31 heavy (non-hydrogen) atoms. The number of unbranched alkanes of at least 4 members (excludes halogenated alkanes) is 3. The summed E-state index contributed by atoms with van der Waals surface area (Å²) in [6.45, 7) is 18.5. The number of aromatic nitrogens is 2. The van der Waals surface area contributed by atoms with Crippen LogP contribution in [0.3, 0.4) is 0 Å². The Morgan fingerprint density at radius 3 is 1.97 bits per heavy atom. The second-order valence-electron chi connectivity index (χ2n) is 10.9. The van der Waals surface area contributed by atoms with Crippen LogP contribution in [-0.4, -0.2) is 37.6 Å². The summed E-state index contributed by atoms with van der Waals surface area (Å²) in [5, 5.41) is 10.1. The van der Waals surface area contributed by atoms with Crippen molar-refractivity contribution in [3.63, 3.8) is 0 Å². The van der Waals surface area contributed by atoms with Crippen LogP contribution in [-0.2, 0) is 4.43 Å². The summed E-state index contributed by atoms with van der Waals surface area (Å²) in [5.74, 6) is 0. The second kappa shape index (κ2) is 12.2. The van der Waals surface area contributed by atoms with Gasteiger partial charge >= 0.3 is 198 Å². The minimum atomic E-state index is -2.60. The maximum absolute atomic E-state index is 6.61. The number of fused-ring (bicyclic) bond motifs is 1. The van der Waals surface area contributed by atoms with Gasteiger partial charge in [0, 0.05) is 0 Å². The molecule has 0 aliphatic rings. The molecule has 0 aliphatic carbocycles. The number of rotatable bonds is 13. The zero-order valence-electron chi connectivity index (χ0n) is 21.6. The van der Waals surface area contributed by atoms with Crippen LogP contribution < -0.4 is 3.71 Å². The summed E-state index contributed by atoms with van der Waals surface area (Å²) >= 11 is -2.60. The summed E-state index contributed by atoms with van der Waals surface area (Å²) in [4.78, 5) is 0. The number of para-hydroxylation sites is 1. The fourth-order valence-corrected chi connectivity index (χ4v) is 22.1. The van der Waals surface area contributed by atoms with E-state index in [0.29, 0.717) is 0 Å². The predicted molar refractivity (Wildman–Crippen MR) is 143 cm³/mol. The number of hydrogen-bond acceptors (Lipinski definition) is 2. The van der Waals surface area contributed by atoms with Crippen molar-refractivity contribution in [3.8, 4) is 0 Å². The predicted octanol–water partition coefficient (Wildman–Crippen LogP) is 7.71. The summed E-state index contributed by atoms with van der Waals surface area (Å²) in [7, 11) is -1.17. The molecule has 0 fully saturated rings. The number of nitrogens with zero attached hydrogens (tertiary/aromatic N) is 1. The molecule has 5 heteroatoms. The van der Waals surface area contributed by atoms with E-state index in [4.69, 9.17) is 9.52 Å². The summed E-state index contributed by atoms with van der Waals surface area (Å²) in [6.07, 6.45) is 8.09. The Hall–Kier alpha value is -0.334. The van der Waals surface area contributed by atoms with E-state index in [1.54, 1.807) is 0 Å². The topological polar surface area (TPSA) is 37.9 Å². The van der Waals surface area contributed by atoms with Crippen LogP contribution in [0.5, 0.6) is 0 Å². The van der Waals surface area contributed by atoms with E-state index in [-0.39, 0.29) is 11.5 Å². The molecule has 3 nitrogen and oxygen atoms in total. The van der Waals surface area contributed by atoms with Crippen LogP contribution in [0.25, 0.3) is 10.9 Å². The maximum atomic E-state index is 6.61. The molecule has 1 heterocycles. The molecule has 0 radical (unpaired) electrons. The first kappa shape index (κ1) is 26.9. The molecular weight excluding hydrogens is 503 g/mol. The normalized spacial score (nSPS) is 14.0. The molecule has 0 saturated heterocycles. The fraction of sp³-hybridized carbons (Fsp3) is 0.731. The van der Waals surface area contributed by atoms with Gasteiger partial charge in [0.05, 0.1) is 0 Å². The summed E-state index contributed by atoms with van der Waals surface area (Å²) in [6, 6.07) is 6.88. The minimum absolute atomic E-state index is 0.0594. The van der Waals surface area contributed by atoms with Gasteiger partial charge in [-0.3, -0.25) is 0 Å². The second-order valence-corrected chi connectivity index (χ2v) is 26.2. The van der Waals surface area contributed by atoms with E-state index < -0.39 is 27.4 Å². The molecule has 2 aromatic rings. The van der Waals surface area contributed by atoms with Gasteiger partial charge in [-0.05, 0) is 0 Å². The number of aromatic amines is 1. The molecule has 0 aliphatic heterocycles. The molecule has 1 unspecified atom stereocenters. The molecule has 0 spiro atoms. The Kier molecular flexibility index (Phi) is 10.6. The van der Waals surface area contributed by atoms with Crippen LogP contribution in [0.4, 0.5) is 0 Å². The van der Waals surface area contributed by atoms with E-state index in [1.165, 1.54) is 72.0 Å². The van der Waals surface area contributed by atoms with E-state index in [2.05, 4.69) is 77.9 Å². The Balaban J connectivity index is 2.63. The zero-order chi connectivity index (χ0) is 23.1. The molecule has 2 rings (SSSR count). The van der Waals surface area contributed by atoms with Crippen molar-refractivity contribution in [2.75, 3.05) is 0 Å². The van der Waals surface area contributed by atoms with Crippen molar-refractivity contribution in [3.05, 3.63) is 23.8 Å². The number of benzene rings is 1. The first-order chi connectivity index (χ1) is 14.7. The van der Waals surface area contributed by atoms with Gasteiger partial charge in [0.15, 0.2) is 0 Å². The van der Waals surface area contributed by atoms with Crippen molar-refractivity contribution >= 4 is 42.0 Å². The van der Waals surface area contributed by atoms with E-state index in [0.717, 1.165) is 0 Å². The standard InChI is InChI=1S/C14H21N2OSi.3C4H9.Sn/c1-14(2,3)13(17-18(4)5)11-8-6-7-10-9-15-16-12(10)11;3*1-3-4-2;/h6-8,13,18H,1-5H3,(H,15,16);3*1,3-4H2,2H3;. The molecule has 0 bridgehead atoms. The molecule has 0 amide bonds. The molecule has 1 atom stereocenters. The van der Waals surface area contributed by atoms with Crippen molar-refractivity contribution < 1.29 is 4.43 Å². The summed E-state index contributed by atoms with van der Waals surface area (Å²) in [5.41, 5.74) is 2.62. The van der Waals surface area contributed by atoms with Crippen LogP contribution in [0.2, 0.25) is 26.4 Å². The molecule has 0 saturated carbocycles. The zero-order valence-corrected chi connectivity index (χ0v) is 25.6. The molecule has 1 aromatic heterocycles.